The minimum atomic E-state index is -0.342. The van der Waals surface area contributed by atoms with E-state index in [0.29, 0.717) is 6.61 Å². The molecule has 0 saturated heterocycles. The average molecular weight is 200 g/mol. The second-order valence-corrected chi connectivity index (χ2v) is 3.25. The van der Waals surface area contributed by atoms with Gasteiger partial charge >= 0.3 is 5.97 Å². The molecule has 0 aromatic carbocycles. The first-order chi connectivity index (χ1) is 6.24. The van der Waals surface area contributed by atoms with Gasteiger partial charge in [-0.2, -0.15) is 0 Å². The summed E-state index contributed by atoms with van der Waals surface area (Å²) in [4.78, 5) is 15.0. The first kappa shape index (κ1) is 10.1. The van der Waals surface area contributed by atoms with Crippen LogP contribution in [0, 0.1) is 0 Å². The van der Waals surface area contributed by atoms with E-state index >= 15 is 0 Å². The Bertz CT molecular complexity index is 261. The highest BCUT2D eigenvalue weighted by Gasteiger charge is 2.13. The fraction of sp³-hybridized carbons (Fsp3) is 0.500. The molecule has 5 heteroatoms. The minimum absolute atomic E-state index is 0.192. The lowest BCUT2D eigenvalue weighted by Gasteiger charge is -2.07. The Balaban J connectivity index is 2.42. The smallest absolute Gasteiger partial charge is 0.307 e. The first-order valence-corrected chi connectivity index (χ1v) is 4.97. The molecule has 72 valence electrons. The zero-order valence-electron chi connectivity index (χ0n) is 7.40. The highest BCUT2D eigenvalue weighted by atomic mass is 32.1. The van der Waals surface area contributed by atoms with Crippen molar-refractivity contribution >= 4 is 17.3 Å². The van der Waals surface area contributed by atoms with E-state index in [4.69, 9.17) is 10.5 Å². The molecule has 1 heterocycles. The van der Waals surface area contributed by atoms with E-state index in [2.05, 4.69) is 4.98 Å². The zero-order chi connectivity index (χ0) is 9.68. The van der Waals surface area contributed by atoms with Gasteiger partial charge in [-0.15, -0.1) is 11.3 Å². The van der Waals surface area contributed by atoms with E-state index in [1.807, 2.05) is 5.38 Å². The summed E-state index contributed by atoms with van der Waals surface area (Å²) in [5.74, 6) is -0.275. The third kappa shape index (κ3) is 3.12. The number of aromatic nitrogens is 1. The van der Waals surface area contributed by atoms with Crippen molar-refractivity contribution in [1.29, 1.82) is 0 Å². The standard InChI is InChI=1S/C8H12N2O2S/c1-2-12-8(11)3-6(9)7-4-13-5-10-7/h4-6H,2-3,9H2,1H3/t6-/m0/s1. The highest BCUT2D eigenvalue weighted by Crippen LogP contribution is 2.13. The molecule has 1 atom stereocenters. The molecule has 0 spiro atoms. The van der Waals surface area contributed by atoms with Gasteiger partial charge < -0.3 is 10.5 Å². The Kier molecular flexibility index (Phi) is 3.85. The number of carbonyl (C=O) groups excluding carboxylic acids is 1. The topological polar surface area (TPSA) is 65.2 Å². The Labute approximate surface area is 80.7 Å². The second-order valence-electron chi connectivity index (χ2n) is 2.53. The summed E-state index contributed by atoms with van der Waals surface area (Å²) >= 11 is 1.47. The average Bonchev–Trinajstić information content (AvgIpc) is 2.55. The summed E-state index contributed by atoms with van der Waals surface area (Å²) < 4.78 is 4.77. The molecule has 0 amide bonds. The molecular formula is C8H12N2O2S. The third-order valence-corrected chi connectivity index (χ3v) is 2.13. The minimum Gasteiger partial charge on any atom is -0.466 e. The van der Waals surface area contributed by atoms with E-state index < -0.39 is 0 Å². The maximum atomic E-state index is 11.0. The number of hydrogen-bond acceptors (Lipinski definition) is 5. The van der Waals surface area contributed by atoms with Crippen molar-refractivity contribution in [2.75, 3.05) is 6.61 Å². The van der Waals surface area contributed by atoms with Gasteiger partial charge in [0, 0.05) is 5.38 Å². The highest BCUT2D eigenvalue weighted by molar-refractivity contribution is 7.07. The third-order valence-electron chi connectivity index (χ3n) is 1.52. The fourth-order valence-corrected chi connectivity index (χ4v) is 1.53. The molecule has 0 radical (unpaired) electrons. The summed E-state index contributed by atoms with van der Waals surface area (Å²) in [7, 11) is 0. The molecule has 1 aromatic rings. The monoisotopic (exact) mass is 200 g/mol. The van der Waals surface area contributed by atoms with Crippen molar-refractivity contribution < 1.29 is 9.53 Å². The molecule has 0 bridgehead atoms. The van der Waals surface area contributed by atoms with E-state index in [9.17, 15) is 4.79 Å². The Morgan fingerprint density at radius 3 is 3.15 bits per heavy atom. The summed E-state index contributed by atoms with van der Waals surface area (Å²) in [6, 6.07) is -0.342. The van der Waals surface area contributed by atoms with E-state index in [1.165, 1.54) is 11.3 Å². The van der Waals surface area contributed by atoms with Crippen molar-refractivity contribution in [1.82, 2.24) is 4.98 Å². The number of carbonyl (C=O) groups is 1. The lowest BCUT2D eigenvalue weighted by atomic mass is 10.2. The molecule has 13 heavy (non-hydrogen) atoms. The Hall–Kier alpha value is -0.940. The predicted octanol–water partition coefficient (Wildman–Crippen LogP) is 1.10. The number of thiazole rings is 1. The summed E-state index contributed by atoms with van der Waals surface area (Å²) in [5, 5.41) is 1.84. The number of nitrogens with zero attached hydrogens (tertiary/aromatic N) is 1. The van der Waals surface area contributed by atoms with Gasteiger partial charge in [0.25, 0.3) is 0 Å². The van der Waals surface area contributed by atoms with Gasteiger partial charge in [0.15, 0.2) is 0 Å². The van der Waals surface area contributed by atoms with Gasteiger partial charge in [-0.1, -0.05) is 0 Å². The van der Waals surface area contributed by atoms with Crippen molar-refractivity contribution in [2.45, 2.75) is 19.4 Å². The molecule has 1 rings (SSSR count). The van der Waals surface area contributed by atoms with Crippen LogP contribution in [0.3, 0.4) is 0 Å². The second kappa shape index (κ2) is 4.94. The number of ether oxygens (including phenoxy) is 1. The van der Waals surface area contributed by atoms with E-state index in [1.54, 1.807) is 12.4 Å². The Morgan fingerprint density at radius 2 is 2.62 bits per heavy atom. The summed E-state index contributed by atoms with van der Waals surface area (Å²) in [6.07, 6.45) is 0.192. The Morgan fingerprint density at radius 1 is 1.85 bits per heavy atom. The van der Waals surface area contributed by atoms with Gasteiger partial charge in [-0.3, -0.25) is 4.79 Å². The van der Waals surface area contributed by atoms with Crippen LogP contribution < -0.4 is 5.73 Å². The van der Waals surface area contributed by atoms with Crippen molar-refractivity contribution in [2.24, 2.45) is 5.73 Å². The van der Waals surface area contributed by atoms with Gasteiger partial charge in [0.1, 0.15) is 0 Å². The number of rotatable bonds is 4. The van der Waals surface area contributed by atoms with Crippen molar-refractivity contribution in [3.8, 4) is 0 Å². The van der Waals surface area contributed by atoms with Crippen LogP contribution in [0.15, 0.2) is 10.9 Å². The van der Waals surface area contributed by atoms with E-state index in [0.717, 1.165) is 5.69 Å². The van der Waals surface area contributed by atoms with Crippen LogP contribution in [0.5, 0.6) is 0 Å². The van der Waals surface area contributed by atoms with Crippen LogP contribution in [0.4, 0.5) is 0 Å². The largest absolute Gasteiger partial charge is 0.466 e. The van der Waals surface area contributed by atoms with Crippen LogP contribution in [0.25, 0.3) is 0 Å². The zero-order valence-corrected chi connectivity index (χ0v) is 8.21. The molecule has 2 N–H and O–H groups in total. The van der Waals surface area contributed by atoms with Crippen LogP contribution in [0.1, 0.15) is 25.1 Å². The maximum Gasteiger partial charge on any atom is 0.307 e. The molecule has 0 aliphatic heterocycles. The van der Waals surface area contributed by atoms with Crippen LogP contribution >= 0.6 is 11.3 Å². The molecule has 0 saturated carbocycles. The van der Waals surface area contributed by atoms with Gasteiger partial charge in [0.2, 0.25) is 0 Å². The molecule has 4 nitrogen and oxygen atoms in total. The number of hydrogen-bond donors (Lipinski definition) is 1. The maximum absolute atomic E-state index is 11.0. The molecule has 0 aliphatic rings. The predicted molar refractivity (Wildman–Crippen MR) is 50.3 cm³/mol. The molecule has 1 aromatic heterocycles. The number of esters is 1. The van der Waals surface area contributed by atoms with Gasteiger partial charge in [0.05, 0.1) is 30.3 Å². The molecular weight excluding hydrogens is 188 g/mol. The normalized spacial score (nSPS) is 12.5. The van der Waals surface area contributed by atoms with E-state index in [-0.39, 0.29) is 18.4 Å². The molecule has 0 fully saturated rings. The van der Waals surface area contributed by atoms with Crippen molar-refractivity contribution in [3.63, 3.8) is 0 Å². The lowest BCUT2D eigenvalue weighted by molar-refractivity contribution is -0.143. The van der Waals surface area contributed by atoms with Crippen LogP contribution in [-0.4, -0.2) is 17.6 Å². The molecule has 0 unspecified atom stereocenters. The molecule has 0 aliphatic carbocycles. The fourth-order valence-electron chi connectivity index (χ4n) is 0.909. The lowest BCUT2D eigenvalue weighted by Crippen LogP contribution is -2.17. The SMILES string of the molecule is CCOC(=O)C[C@H](N)c1cscn1. The first-order valence-electron chi connectivity index (χ1n) is 4.03. The quantitative estimate of drug-likeness (QED) is 0.739. The van der Waals surface area contributed by atoms with Gasteiger partial charge in [-0.25, -0.2) is 4.98 Å². The van der Waals surface area contributed by atoms with Crippen LogP contribution in [0.2, 0.25) is 0 Å². The van der Waals surface area contributed by atoms with Crippen LogP contribution in [-0.2, 0) is 9.53 Å². The van der Waals surface area contributed by atoms with Gasteiger partial charge in [-0.05, 0) is 6.92 Å². The van der Waals surface area contributed by atoms with Crippen molar-refractivity contribution in [3.05, 3.63) is 16.6 Å². The number of nitrogens with two attached hydrogens (primary N) is 1. The summed E-state index contributed by atoms with van der Waals surface area (Å²) in [5.41, 5.74) is 8.16. The summed E-state index contributed by atoms with van der Waals surface area (Å²) in [6.45, 7) is 2.16.